The van der Waals surface area contributed by atoms with E-state index < -0.39 is 0 Å². The average molecular weight is 287 g/mol. The molecule has 1 aromatic carbocycles. The van der Waals surface area contributed by atoms with Crippen LogP contribution in [0.15, 0.2) is 24.3 Å². The van der Waals surface area contributed by atoms with E-state index in [0.29, 0.717) is 12.0 Å². The molecule has 1 aliphatic carbocycles. The van der Waals surface area contributed by atoms with Gasteiger partial charge in [-0.15, -0.1) is 0 Å². The molecule has 5 heteroatoms. The maximum absolute atomic E-state index is 12.2. The Bertz CT molecular complexity index is 541. The summed E-state index contributed by atoms with van der Waals surface area (Å²) < 4.78 is 0. The zero-order valence-electron chi connectivity index (χ0n) is 12.0. The van der Waals surface area contributed by atoms with Gasteiger partial charge in [-0.3, -0.25) is 9.59 Å². The van der Waals surface area contributed by atoms with Gasteiger partial charge in [-0.25, -0.2) is 0 Å². The van der Waals surface area contributed by atoms with Crippen LogP contribution >= 0.6 is 0 Å². The van der Waals surface area contributed by atoms with Crippen LogP contribution in [0.25, 0.3) is 0 Å². The Morgan fingerprint density at radius 2 is 1.95 bits per heavy atom. The standard InChI is InChI=1S/C16H21N3O2/c17-13-3-1-4-14(13)18-16(21)11-6-8-12(9-7-11)19-10-2-5-15(19)20/h6-9,13-14H,1-5,10,17H2,(H,18,21). The van der Waals surface area contributed by atoms with E-state index in [-0.39, 0.29) is 23.9 Å². The zero-order valence-corrected chi connectivity index (χ0v) is 12.0. The molecule has 2 unspecified atom stereocenters. The highest BCUT2D eigenvalue weighted by atomic mass is 16.2. The predicted octanol–water partition coefficient (Wildman–Crippen LogP) is 1.42. The van der Waals surface area contributed by atoms with Crippen molar-refractivity contribution in [2.24, 2.45) is 5.73 Å². The molecule has 3 rings (SSSR count). The molecule has 1 saturated carbocycles. The van der Waals surface area contributed by atoms with Crippen LogP contribution in [0, 0.1) is 0 Å². The molecule has 0 aromatic heterocycles. The van der Waals surface area contributed by atoms with Gasteiger partial charge in [-0.2, -0.15) is 0 Å². The van der Waals surface area contributed by atoms with Crippen LogP contribution in [0.1, 0.15) is 42.5 Å². The fraction of sp³-hybridized carbons (Fsp3) is 0.500. The summed E-state index contributed by atoms with van der Waals surface area (Å²) in [6.45, 7) is 0.765. The summed E-state index contributed by atoms with van der Waals surface area (Å²) >= 11 is 0. The van der Waals surface area contributed by atoms with Gasteiger partial charge in [0.05, 0.1) is 0 Å². The molecule has 2 atom stereocenters. The normalized spacial score (nSPS) is 25.4. The van der Waals surface area contributed by atoms with Crippen molar-refractivity contribution in [3.8, 4) is 0 Å². The molecule has 5 nitrogen and oxygen atoms in total. The Morgan fingerprint density at radius 1 is 1.19 bits per heavy atom. The Morgan fingerprint density at radius 3 is 2.52 bits per heavy atom. The smallest absolute Gasteiger partial charge is 0.251 e. The Hall–Kier alpha value is -1.88. The van der Waals surface area contributed by atoms with Gasteiger partial charge >= 0.3 is 0 Å². The Labute approximate surface area is 124 Å². The van der Waals surface area contributed by atoms with Crippen molar-refractivity contribution in [3.05, 3.63) is 29.8 Å². The third kappa shape index (κ3) is 2.93. The number of amides is 2. The largest absolute Gasteiger partial charge is 0.348 e. The van der Waals surface area contributed by atoms with Crippen molar-refractivity contribution in [2.45, 2.75) is 44.2 Å². The molecule has 3 N–H and O–H groups in total. The summed E-state index contributed by atoms with van der Waals surface area (Å²) in [6, 6.07) is 7.38. The summed E-state index contributed by atoms with van der Waals surface area (Å²) in [4.78, 5) is 25.7. The van der Waals surface area contributed by atoms with Crippen LogP contribution in [0.3, 0.4) is 0 Å². The second-order valence-electron chi connectivity index (χ2n) is 5.87. The minimum Gasteiger partial charge on any atom is -0.348 e. The van der Waals surface area contributed by atoms with Gasteiger partial charge in [0.15, 0.2) is 0 Å². The van der Waals surface area contributed by atoms with E-state index in [1.54, 1.807) is 17.0 Å². The molecule has 2 aliphatic rings. The number of carbonyl (C=O) groups is 2. The molecule has 1 aliphatic heterocycles. The van der Waals surface area contributed by atoms with Gasteiger partial charge in [0.1, 0.15) is 0 Å². The second kappa shape index (κ2) is 5.85. The quantitative estimate of drug-likeness (QED) is 0.883. The van der Waals surface area contributed by atoms with Crippen molar-refractivity contribution in [2.75, 3.05) is 11.4 Å². The first-order valence-electron chi connectivity index (χ1n) is 7.62. The molecular formula is C16H21N3O2. The third-order valence-corrected chi connectivity index (χ3v) is 4.40. The highest BCUT2D eigenvalue weighted by Gasteiger charge is 2.26. The summed E-state index contributed by atoms with van der Waals surface area (Å²) in [5.41, 5.74) is 7.45. The van der Waals surface area contributed by atoms with Crippen LogP contribution in [-0.2, 0) is 4.79 Å². The van der Waals surface area contributed by atoms with E-state index in [1.807, 2.05) is 12.1 Å². The number of hydrogen-bond donors (Lipinski definition) is 2. The maximum atomic E-state index is 12.2. The number of benzene rings is 1. The van der Waals surface area contributed by atoms with Crippen molar-refractivity contribution in [1.82, 2.24) is 5.32 Å². The number of nitrogens with zero attached hydrogens (tertiary/aromatic N) is 1. The molecule has 112 valence electrons. The number of nitrogens with one attached hydrogen (secondary N) is 1. The van der Waals surface area contributed by atoms with E-state index in [0.717, 1.165) is 37.9 Å². The van der Waals surface area contributed by atoms with Gasteiger partial charge in [-0.1, -0.05) is 0 Å². The molecule has 2 amide bonds. The first-order valence-corrected chi connectivity index (χ1v) is 7.62. The van der Waals surface area contributed by atoms with Crippen molar-refractivity contribution < 1.29 is 9.59 Å². The summed E-state index contributed by atoms with van der Waals surface area (Å²) in [7, 11) is 0. The van der Waals surface area contributed by atoms with Gasteiger partial charge in [0.25, 0.3) is 5.91 Å². The van der Waals surface area contributed by atoms with E-state index in [4.69, 9.17) is 5.73 Å². The highest BCUT2D eigenvalue weighted by Crippen LogP contribution is 2.22. The van der Waals surface area contributed by atoms with Crippen LogP contribution < -0.4 is 16.0 Å². The fourth-order valence-corrected chi connectivity index (χ4v) is 3.13. The topological polar surface area (TPSA) is 75.4 Å². The lowest BCUT2D eigenvalue weighted by Crippen LogP contribution is -2.43. The summed E-state index contributed by atoms with van der Waals surface area (Å²) in [6.07, 6.45) is 4.51. The van der Waals surface area contributed by atoms with Gasteiger partial charge in [0.2, 0.25) is 5.91 Å². The number of anilines is 1. The SMILES string of the molecule is NC1CCCC1NC(=O)c1ccc(N2CCCC2=O)cc1. The van der Waals surface area contributed by atoms with Crippen molar-refractivity contribution >= 4 is 17.5 Å². The first-order chi connectivity index (χ1) is 10.1. The zero-order chi connectivity index (χ0) is 14.8. The average Bonchev–Trinajstić information content (AvgIpc) is 3.08. The van der Waals surface area contributed by atoms with Crippen LogP contribution in [0.2, 0.25) is 0 Å². The lowest BCUT2D eigenvalue weighted by molar-refractivity contribution is -0.117. The maximum Gasteiger partial charge on any atom is 0.251 e. The number of rotatable bonds is 3. The third-order valence-electron chi connectivity index (χ3n) is 4.40. The molecule has 1 saturated heterocycles. The first kappa shape index (κ1) is 14.1. The van der Waals surface area contributed by atoms with Crippen LogP contribution in [0.5, 0.6) is 0 Å². The molecule has 21 heavy (non-hydrogen) atoms. The van der Waals surface area contributed by atoms with Crippen LogP contribution in [0.4, 0.5) is 5.69 Å². The molecule has 0 bridgehead atoms. The van der Waals surface area contributed by atoms with Gasteiger partial charge in [-0.05, 0) is 49.9 Å². The molecule has 1 aromatic rings. The van der Waals surface area contributed by atoms with Crippen molar-refractivity contribution in [3.63, 3.8) is 0 Å². The minimum absolute atomic E-state index is 0.0652. The monoisotopic (exact) mass is 287 g/mol. The van der Waals surface area contributed by atoms with E-state index in [9.17, 15) is 9.59 Å². The second-order valence-corrected chi connectivity index (χ2v) is 5.87. The van der Waals surface area contributed by atoms with E-state index in [2.05, 4.69) is 5.32 Å². The lowest BCUT2D eigenvalue weighted by atomic mass is 10.1. The van der Waals surface area contributed by atoms with Crippen LogP contribution in [-0.4, -0.2) is 30.4 Å². The minimum atomic E-state index is -0.0864. The lowest BCUT2D eigenvalue weighted by Gasteiger charge is -2.18. The molecule has 2 fully saturated rings. The van der Waals surface area contributed by atoms with Crippen molar-refractivity contribution in [1.29, 1.82) is 0 Å². The highest BCUT2D eigenvalue weighted by molar-refractivity contribution is 5.97. The molecule has 1 heterocycles. The number of hydrogen-bond acceptors (Lipinski definition) is 3. The Kier molecular flexibility index (Phi) is 3.92. The summed E-state index contributed by atoms with van der Waals surface area (Å²) in [5.74, 6) is 0.0702. The molecule has 0 radical (unpaired) electrons. The Balaban J connectivity index is 1.66. The number of carbonyl (C=O) groups excluding carboxylic acids is 2. The van der Waals surface area contributed by atoms with Gasteiger partial charge in [0, 0.05) is 36.3 Å². The van der Waals surface area contributed by atoms with Gasteiger partial charge < -0.3 is 16.0 Å². The molecule has 0 spiro atoms. The van der Waals surface area contributed by atoms with E-state index in [1.165, 1.54) is 0 Å². The van der Waals surface area contributed by atoms with E-state index >= 15 is 0 Å². The predicted molar refractivity (Wildman–Crippen MR) is 81.1 cm³/mol. The summed E-state index contributed by atoms with van der Waals surface area (Å²) in [5, 5.41) is 3.00. The fourth-order valence-electron chi connectivity index (χ4n) is 3.13. The molecular weight excluding hydrogens is 266 g/mol. The number of nitrogens with two attached hydrogens (primary N) is 1.